The molecular formula is C16H23N6S+. The monoisotopic (exact) mass is 331 g/mol. The first-order valence-electron chi connectivity index (χ1n) is 8.30. The molecule has 0 bridgehead atoms. The van der Waals surface area contributed by atoms with E-state index in [1.165, 1.54) is 33.6 Å². The number of aryl methyl sites for hydroxylation is 1. The van der Waals surface area contributed by atoms with Gasteiger partial charge in [-0.25, -0.2) is 9.97 Å². The van der Waals surface area contributed by atoms with Crippen LogP contribution in [0.15, 0.2) is 6.33 Å². The molecule has 7 heteroatoms. The minimum absolute atomic E-state index is 0.740. The number of quaternary nitrogens is 1. The van der Waals surface area contributed by atoms with Crippen molar-refractivity contribution in [2.24, 2.45) is 5.92 Å². The highest BCUT2D eigenvalue weighted by atomic mass is 32.1. The van der Waals surface area contributed by atoms with Gasteiger partial charge in [-0.3, -0.25) is 0 Å². The summed E-state index contributed by atoms with van der Waals surface area (Å²) >= 11 is 1.84. The SMILES string of the molecule is C[C@@H]1CCc2sc3nc(NCC[NH+](C)C)n4ncnc4c3c2C1. The van der Waals surface area contributed by atoms with Crippen LogP contribution >= 0.6 is 11.3 Å². The lowest BCUT2D eigenvalue weighted by Crippen LogP contribution is -3.06. The third-order valence-corrected chi connectivity index (χ3v) is 5.76. The number of nitrogens with zero attached hydrogens (tertiary/aromatic N) is 4. The molecule has 0 radical (unpaired) electrons. The van der Waals surface area contributed by atoms with Gasteiger partial charge in [0, 0.05) is 4.88 Å². The molecule has 0 saturated heterocycles. The molecule has 0 aliphatic heterocycles. The Balaban J connectivity index is 1.81. The summed E-state index contributed by atoms with van der Waals surface area (Å²) in [5.74, 6) is 1.54. The molecule has 0 aromatic carbocycles. The van der Waals surface area contributed by atoms with Crippen LogP contribution in [0.4, 0.5) is 5.95 Å². The van der Waals surface area contributed by atoms with E-state index in [4.69, 9.17) is 4.98 Å². The minimum atomic E-state index is 0.740. The molecule has 3 aromatic heterocycles. The van der Waals surface area contributed by atoms with Crippen molar-refractivity contribution in [1.82, 2.24) is 19.6 Å². The predicted octanol–water partition coefficient (Wildman–Crippen LogP) is 1.02. The molecule has 1 aliphatic rings. The van der Waals surface area contributed by atoms with Gasteiger partial charge >= 0.3 is 0 Å². The van der Waals surface area contributed by atoms with Gasteiger partial charge in [-0.05, 0) is 30.7 Å². The lowest BCUT2D eigenvalue weighted by Gasteiger charge is -2.17. The van der Waals surface area contributed by atoms with Gasteiger partial charge in [0.15, 0.2) is 5.65 Å². The van der Waals surface area contributed by atoms with Gasteiger partial charge in [0.2, 0.25) is 5.95 Å². The van der Waals surface area contributed by atoms with E-state index in [9.17, 15) is 0 Å². The number of fused-ring (bicyclic) bond motifs is 5. The molecule has 3 aromatic rings. The van der Waals surface area contributed by atoms with Gasteiger partial charge in [0.25, 0.3) is 0 Å². The fourth-order valence-corrected chi connectivity index (χ4v) is 4.51. The zero-order valence-electron chi connectivity index (χ0n) is 13.9. The average molecular weight is 331 g/mol. The second-order valence-corrected chi connectivity index (χ2v) is 7.93. The van der Waals surface area contributed by atoms with Crippen LogP contribution in [0.2, 0.25) is 0 Å². The highest BCUT2D eigenvalue weighted by molar-refractivity contribution is 7.19. The summed E-state index contributed by atoms with van der Waals surface area (Å²) in [5.41, 5.74) is 2.40. The van der Waals surface area contributed by atoms with Crippen LogP contribution in [-0.2, 0) is 12.8 Å². The second-order valence-electron chi connectivity index (χ2n) is 6.85. The minimum Gasteiger partial charge on any atom is -0.348 e. The highest BCUT2D eigenvalue weighted by Crippen LogP contribution is 2.39. The standard InChI is InChI=1S/C16H22N6S/c1-10-4-5-12-11(8-10)13-14-18-9-19-22(14)16(20-15(13)23-12)17-6-7-21(2)3/h9-10H,4-8H2,1-3H3,(H,17,20)/p+1/t10-/m1/s1. The number of aromatic nitrogens is 4. The number of likely N-dealkylation sites (N-methyl/N-ethyl adjacent to an activating group) is 1. The normalized spacial score (nSPS) is 18.0. The van der Waals surface area contributed by atoms with Gasteiger partial charge in [0.1, 0.15) is 11.2 Å². The third-order valence-electron chi connectivity index (χ3n) is 4.58. The van der Waals surface area contributed by atoms with Gasteiger partial charge < -0.3 is 10.2 Å². The van der Waals surface area contributed by atoms with Crippen LogP contribution in [0.3, 0.4) is 0 Å². The number of hydrogen-bond donors (Lipinski definition) is 2. The lowest BCUT2D eigenvalue weighted by molar-refractivity contribution is -0.856. The molecule has 1 atom stereocenters. The zero-order valence-corrected chi connectivity index (χ0v) is 14.7. The van der Waals surface area contributed by atoms with Crippen LogP contribution in [-0.4, -0.2) is 46.8 Å². The molecule has 6 nitrogen and oxygen atoms in total. The Kier molecular flexibility index (Phi) is 3.69. The van der Waals surface area contributed by atoms with Gasteiger partial charge in [0.05, 0.1) is 32.6 Å². The molecule has 0 spiro atoms. The number of rotatable bonds is 4. The van der Waals surface area contributed by atoms with E-state index in [2.05, 4.69) is 36.4 Å². The molecule has 1 aliphatic carbocycles. The maximum Gasteiger partial charge on any atom is 0.227 e. The van der Waals surface area contributed by atoms with Crippen molar-refractivity contribution in [1.29, 1.82) is 0 Å². The summed E-state index contributed by atoms with van der Waals surface area (Å²) < 4.78 is 1.86. The Hall–Kier alpha value is -1.73. The highest BCUT2D eigenvalue weighted by Gasteiger charge is 2.24. The lowest BCUT2D eigenvalue weighted by atomic mass is 9.89. The summed E-state index contributed by atoms with van der Waals surface area (Å²) in [7, 11) is 4.30. The van der Waals surface area contributed by atoms with Crippen molar-refractivity contribution in [3.63, 3.8) is 0 Å². The van der Waals surface area contributed by atoms with Crippen LogP contribution < -0.4 is 10.2 Å². The molecule has 23 heavy (non-hydrogen) atoms. The molecule has 122 valence electrons. The molecule has 2 N–H and O–H groups in total. The number of hydrogen-bond acceptors (Lipinski definition) is 5. The van der Waals surface area contributed by atoms with Crippen molar-refractivity contribution in [2.45, 2.75) is 26.2 Å². The zero-order chi connectivity index (χ0) is 16.0. The molecule has 4 rings (SSSR count). The first-order chi connectivity index (χ1) is 11.1. The molecule has 0 amide bonds. The molecular weight excluding hydrogens is 308 g/mol. The van der Waals surface area contributed by atoms with Crippen LogP contribution in [0, 0.1) is 5.92 Å². The van der Waals surface area contributed by atoms with E-state index in [1.54, 1.807) is 6.33 Å². The maximum atomic E-state index is 4.86. The summed E-state index contributed by atoms with van der Waals surface area (Å²) in [5, 5.41) is 9.03. The van der Waals surface area contributed by atoms with Crippen molar-refractivity contribution < 1.29 is 4.90 Å². The van der Waals surface area contributed by atoms with Crippen molar-refractivity contribution in [3.8, 4) is 0 Å². The summed E-state index contributed by atoms with van der Waals surface area (Å²) in [6.07, 6.45) is 5.22. The Morgan fingerprint density at radius 1 is 1.43 bits per heavy atom. The molecule has 0 fully saturated rings. The quantitative estimate of drug-likeness (QED) is 0.749. The van der Waals surface area contributed by atoms with Gasteiger partial charge in [-0.15, -0.1) is 11.3 Å². The Morgan fingerprint density at radius 3 is 3.13 bits per heavy atom. The van der Waals surface area contributed by atoms with E-state index in [-0.39, 0.29) is 0 Å². The number of nitrogens with one attached hydrogen (secondary N) is 2. The Labute approximate surface area is 139 Å². The van der Waals surface area contributed by atoms with Gasteiger partial charge in [-0.1, -0.05) is 6.92 Å². The van der Waals surface area contributed by atoms with Crippen molar-refractivity contribution in [2.75, 3.05) is 32.5 Å². The number of thiophene rings is 1. The predicted molar refractivity (Wildman–Crippen MR) is 93.5 cm³/mol. The fourth-order valence-electron chi connectivity index (χ4n) is 3.30. The third kappa shape index (κ3) is 2.57. The van der Waals surface area contributed by atoms with E-state index >= 15 is 0 Å². The van der Waals surface area contributed by atoms with Crippen LogP contribution in [0.25, 0.3) is 15.9 Å². The summed E-state index contributed by atoms with van der Waals surface area (Å²) in [6, 6.07) is 0. The number of anilines is 1. The van der Waals surface area contributed by atoms with E-state index in [0.717, 1.165) is 41.9 Å². The first kappa shape index (κ1) is 14.8. The van der Waals surface area contributed by atoms with E-state index in [1.807, 2.05) is 15.9 Å². The smallest absolute Gasteiger partial charge is 0.227 e. The molecule has 3 heterocycles. The molecule has 0 unspecified atom stereocenters. The largest absolute Gasteiger partial charge is 0.348 e. The van der Waals surface area contributed by atoms with E-state index < -0.39 is 0 Å². The van der Waals surface area contributed by atoms with Crippen molar-refractivity contribution in [3.05, 3.63) is 16.8 Å². The second kappa shape index (κ2) is 5.72. The summed E-state index contributed by atoms with van der Waals surface area (Å²) in [4.78, 5) is 13.4. The fraction of sp³-hybridized carbons (Fsp3) is 0.562. The van der Waals surface area contributed by atoms with Gasteiger partial charge in [-0.2, -0.15) is 9.61 Å². The first-order valence-corrected chi connectivity index (χ1v) is 9.12. The van der Waals surface area contributed by atoms with Crippen LogP contribution in [0.5, 0.6) is 0 Å². The average Bonchev–Trinajstić information content (AvgIpc) is 3.10. The Morgan fingerprint density at radius 2 is 2.30 bits per heavy atom. The topological polar surface area (TPSA) is 59.6 Å². The molecule has 0 saturated carbocycles. The maximum absolute atomic E-state index is 4.86. The summed E-state index contributed by atoms with van der Waals surface area (Å²) in [6.45, 7) is 4.24. The Bertz CT molecular complexity index is 849. The van der Waals surface area contributed by atoms with Crippen molar-refractivity contribution >= 4 is 33.1 Å². The van der Waals surface area contributed by atoms with E-state index in [0.29, 0.717) is 0 Å². The van der Waals surface area contributed by atoms with Crippen LogP contribution in [0.1, 0.15) is 23.8 Å².